The van der Waals surface area contributed by atoms with Crippen molar-refractivity contribution in [3.63, 3.8) is 0 Å². The molecule has 94 valence electrons. The Morgan fingerprint density at radius 3 is 2.88 bits per heavy atom. The molecule has 1 aromatic rings. The summed E-state index contributed by atoms with van der Waals surface area (Å²) in [5, 5.41) is 17.1. The summed E-state index contributed by atoms with van der Waals surface area (Å²) in [6.07, 6.45) is 4.33. The quantitative estimate of drug-likeness (QED) is 0.796. The molecule has 1 aliphatic carbocycles. The van der Waals surface area contributed by atoms with Gasteiger partial charge in [0.15, 0.2) is 0 Å². The molecule has 3 atom stereocenters. The van der Waals surface area contributed by atoms with Gasteiger partial charge in [-0.15, -0.1) is 0 Å². The van der Waals surface area contributed by atoms with Gasteiger partial charge in [-0.1, -0.05) is 6.92 Å². The number of carbonyl (C=O) groups excluding carboxylic acids is 1. The molecule has 5 heteroatoms. The second kappa shape index (κ2) is 4.14. The van der Waals surface area contributed by atoms with Crippen LogP contribution < -0.4 is 5.32 Å². The smallest absolute Gasteiger partial charge is 0.223 e. The molecule has 0 spiro atoms. The SMILES string of the molecule is CC1CC1C(=O)NCC(C)(O)c1cnn(C)c1. The van der Waals surface area contributed by atoms with E-state index in [1.165, 1.54) is 0 Å². The highest BCUT2D eigenvalue weighted by Crippen LogP contribution is 2.37. The third-order valence-electron chi connectivity index (χ3n) is 3.38. The van der Waals surface area contributed by atoms with Crippen LogP contribution in [0.3, 0.4) is 0 Å². The molecule has 2 rings (SSSR count). The van der Waals surface area contributed by atoms with Crippen molar-refractivity contribution >= 4 is 5.91 Å². The number of nitrogens with one attached hydrogen (secondary N) is 1. The van der Waals surface area contributed by atoms with Crippen LogP contribution in [-0.2, 0) is 17.4 Å². The summed E-state index contributed by atoms with van der Waals surface area (Å²) in [4.78, 5) is 11.7. The fourth-order valence-corrected chi connectivity index (χ4v) is 1.88. The monoisotopic (exact) mass is 237 g/mol. The molecule has 0 saturated heterocycles. The van der Waals surface area contributed by atoms with Crippen molar-refractivity contribution in [1.82, 2.24) is 15.1 Å². The Morgan fingerprint density at radius 2 is 2.41 bits per heavy atom. The molecule has 1 saturated carbocycles. The molecule has 3 unspecified atom stereocenters. The predicted octanol–water partition coefficient (Wildman–Crippen LogP) is 0.400. The lowest BCUT2D eigenvalue weighted by atomic mass is 9.99. The van der Waals surface area contributed by atoms with E-state index in [1.807, 2.05) is 0 Å². The van der Waals surface area contributed by atoms with Crippen LogP contribution in [0.4, 0.5) is 0 Å². The van der Waals surface area contributed by atoms with Crippen molar-refractivity contribution in [1.29, 1.82) is 0 Å². The van der Waals surface area contributed by atoms with Gasteiger partial charge in [0.05, 0.1) is 12.7 Å². The van der Waals surface area contributed by atoms with Gasteiger partial charge in [0, 0.05) is 24.7 Å². The van der Waals surface area contributed by atoms with Crippen LogP contribution >= 0.6 is 0 Å². The van der Waals surface area contributed by atoms with Gasteiger partial charge in [-0.3, -0.25) is 9.48 Å². The Bertz CT molecular complexity index is 425. The lowest BCUT2D eigenvalue weighted by Crippen LogP contribution is -2.39. The first kappa shape index (κ1) is 12.1. The van der Waals surface area contributed by atoms with Crippen LogP contribution in [0.25, 0.3) is 0 Å². The number of nitrogens with zero attached hydrogens (tertiary/aromatic N) is 2. The molecule has 1 heterocycles. The Hall–Kier alpha value is -1.36. The zero-order chi connectivity index (χ0) is 12.6. The van der Waals surface area contributed by atoms with Crippen LogP contribution in [-0.4, -0.2) is 27.3 Å². The molecule has 1 aromatic heterocycles. The van der Waals surface area contributed by atoms with E-state index in [2.05, 4.69) is 17.3 Å². The summed E-state index contributed by atoms with van der Waals surface area (Å²) in [5.74, 6) is 0.666. The van der Waals surface area contributed by atoms with Crippen molar-refractivity contribution < 1.29 is 9.90 Å². The lowest BCUT2D eigenvalue weighted by molar-refractivity contribution is -0.123. The number of carbonyl (C=O) groups is 1. The van der Waals surface area contributed by atoms with E-state index in [9.17, 15) is 9.90 Å². The molecule has 0 aliphatic heterocycles. The zero-order valence-electron chi connectivity index (χ0n) is 10.5. The summed E-state index contributed by atoms with van der Waals surface area (Å²) in [6, 6.07) is 0. The minimum atomic E-state index is -1.07. The van der Waals surface area contributed by atoms with Crippen LogP contribution in [0.5, 0.6) is 0 Å². The molecule has 0 aromatic carbocycles. The van der Waals surface area contributed by atoms with E-state index in [0.29, 0.717) is 11.5 Å². The highest BCUT2D eigenvalue weighted by Gasteiger charge is 2.39. The third-order valence-corrected chi connectivity index (χ3v) is 3.38. The number of aliphatic hydroxyl groups is 1. The van der Waals surface area contributed by atoms with Crippen molar-refractivity contribution in [2.24, 2.45) is 18.9 Å². The number of aromatic nitrogens is 2. The van der Waals surface area contributed by atoms with Crippen LogP contribution in [0, 0.1) is 11.8 Å². The fourth-order valence-electron chi connectivity index (χ4n) is 1.88. The summed E-state index contributed by atoms with van der Waals surface area (Å²) in [7, 11) is 1.80. The second-order valence-corrected chi connectivity index (χ2v) is 5.21. The highest BCUT2D eigenvalue weighted by atomic mass is 16.3. The third kappa shape index (κ3) is 2.66. The minimum absolute atomic E-state index is 0.0432. The topological polar surface area (TPSA) is 67.2 Å². The van der Waals surface area contributed by atoms with Gasteiger partial charge in [0.2, 0.25) is 5.91 Å². The summed E-state index contributed by atoms with van der Waals surface area (Å²) in [5.41, 5.74) is -0.355. The molecule has 0 radical (unpaired) electrons. The highest BCUT2D eigenvalue weighted by molar-refractivity contribution is 5.81. The average Bonchev–Trinajstić information content (AvgIpc) is 2.81. The first-order valence-electron chi connectivity index (χ1n) is 5.89. The maximum absolute atomic E-state index is 11.7. The van der Waals surface area contributed by atoms with Crippen LogP contribution in [0.2, 0.25) is 0 Å². The molecule has 17 heavy (non-hydrogen) atoms. The van der Waals surface area contributed by atoms with Crippen molar-refractivity contribution in [3.8, 4) is 0 Å². The van der Waals surface area contributed by atoms with Crippen molar-refractivity contribution in [2.75, 3.05) is 6.54 Å². The number of hydrogen-bond acceptors (Lipinski definition) is 3. The normalized spacial score (nSPS) is 26.4. The largest absolute Gasteiger partial charge is 0.383 e. The number of amides is 1. The average molecular weight is 237 g/mol. The first-order chi connectivity index (χ1) is 7.90. The van der Waals surface area contributed by atoms with E-state index in [-0.39, 0.29) is 18.4 Å². The van der Waals surface area contributed by atoms with Crippen LogP contribution in [0.15, 0.2) is 12.4 Å². The van der Waals surface area contributed by atoms with Gasteiger partial charge >= 0.3 is 0 Å². The standard InChI is InChI=1S/C12H19N3O2/c1-8-4-10(8)11(16)13-7-12(2,17)9-5-14-15(3)6-9/h5-6,8,10,17H,4,7H2,1-3H3,(H,13,16). The summed E-state index contributed by atoms with van der Waals surface area (Å²) < 4.78 is 1.63. The number of aryl methyl sites for hydroxylation is 1. The maximum atomic E-state index is 11.7. The predicted molar refractivity (Wildman–Crippen MR) is 63.1 cm³/mol. The zero-order valence-corrected chi connectivity index (χ0v) is 10.5. The van der Waals surface area contributed by atoms with Gasteiger partial charge in [-0.2, -0.15) is 5.10 Å². The lowest BCUT2D eigenvalue weighted by Gasteiger charge is -2.22. The fraction of sp³-hybridized carbons (Fsp3) is 0.667. The van der Waals surface area contributed by atoms with E-state index in [4.69, 9.17) is 0 Å². The molecule has 5 nitrogen and oxygen atoms in total. The van der Waals surface area contributed by atoms with Gasteiger partial charge in [0.25, 0.3) is 0 Å². The maximum Gasteiger partial charge on any atom is 0.223 e. The number of rotatable bonds is 4. The van der Waals surface area contributed by atoms with Gasteiger partial charge < -0.3 is 10.4 Å². The van der Waals surface area contributed by atoms with E-state index in [0.717, 1.165) is 6.42 Å². The van der Waals surface area contributed by atoms with E-state index < -0.39 is 5.60 Å². The molecular weight excluding hydrogens is 218 g/mol. The van der Waals surface area contributed by atoms with E-state index >= 15 is 0 Å². The van der Waals surface area contributed by atoms with Crippen molar-refractivity contribution in [3.05, 3.63) is 18.0 Å². The second-order valence-electron chi connectivity index (χ2n) is 5.21. The van der Waals surface area contributed by atoms with E-state index in [1.54, 1.807) is 31.0 Å². The summed E-state index contributed by atoms with van der Waals surface area (Å²) >= 11 is 0. The van der Waals surface area contributed by atoms with Gasteiger partial charge in [-0.05, 0) is 19.3 Å². The first-order valence-corrected chi connectivity index (χ1v) is 5.89. The Morgan fingerprint density at radius 1 is 1.76 bits per heavy atom. The Balaban J connectivity index is 1.91. The minimum Gasteiger partial charge on any atom is -0.383 e. The van der Waals surface area contributed by atoms with Gasteiger partial charge in [-0.25, -0.2) is 0 Å². The van der Waals surface area contributed by atoms with Gasteiger partial charge in [0.1, 0.15) is 5.60 Å². The molecule has 2 N–H and O–H groups in total. The molecule has 1 fully saturated rings. The molecular formula is C12H19N3O2. The molecule has 0 bridgehead atoms. The Kier molecular flexibility index (Phi) is 2.95. The van der Waals surface area contributed by atoms with Crippen LogP contribution in [0.1, 0.15) is 25.8 Å². The number of hydrogen-bond donors (Lipinski definition) is 2. The molecule has 1 amide bonds. The Labute approximate surface area is 101 Å². The molecule has 1 aliphatic rings. The van der Waals surface area contributed by atoms with Crippen molar-refractivity contribution in [2.45, 2.75) is 25.9 Å². The summed E-state index contributed by atoms with van der Waals surface area (Å²) in [6.45, 7) is 3.96.